The van der Waals surface area contributed by atoms with Crippen LogP contribution in [0.4, 0.5) is 10.5 Å². The maximum Gasteiger partial charge on any atom is 0.417 e. The van der Waals surface area contributed by atoms with E-state index in [4.69, 9.17) is 4.74 Å². The van der Waals surface area contributed by atoms with Crippen molar-refractivity contribution < 1.29 is 9.53 Å². The van der Waals surface area contributed by atoms with Gasteiger partial charge in [0.25, 0.3) is 0 Å². The van der Waals surface area contributed by atoms with Crippen molar-refractivity contribution >= 4 is 11.8 Å². The first-order chi connectivity index (χ1) is 10.3. The maximum absolute atomic E-state index is 11.9. The first-order valence-corrected chi connectivity index (χ1v) is 7.38. The van der Waals surface area contributed by atoms with E-state index >= 15 is 0 Å². The molecule has 5 heteroatoms. The molecule has 0 aliphatic heterocycles. The van der Waals surface area contributed by atoms with E-state index in [1.165, 1.54) is 37.2 Å². The second-order valence-electron chi connectivity index (χ2n) is 5.88. The topological polar surface area (TPSA) is 67.0 Å². The fourth-order valence-electron chi connectivity index (χ4n) is 3.09. The number of hydrogen-bond acceptors (Lipinski definition) is 3. The van der Waals surface area contributed by atoms with Gasteiger partial charge in [0, 0.05) is 5.69 Å². The van der Waals surface area contributed by atoms with E-state index in [1.807, 2.05) is 18.2 Å². The largest absolute Gasteiger partial charge is 0.417 e. The van der Waals surface area contributed by atoms with Crippen molar-refractivity contribution in [1.82, 2.24) is 10.2 Å². The highest BCUT2D eigenvalue weighted by molar-refractivity contribution is 5.87. The van der Waals surface area contributed by atoms with Crippen molar-refractivity contribution in [2.45, 2.75) is 25.2 Å². The molecule has 0 saturated heterocycles. The average molecular weight is 283 g/mol. The Balaban J connectivity index is 1.46. The van der Waals surface area contributed by atoms with Crippen LogP contribution in [0.1, 0.15) is 30.7 Å². The van der Waals surface area contributed by atoms with Gasteiger partial charge in [-0.1, -0.05) is 18.2 Å². The average Bonchev–Trinajstić information content (AvgIpc) is 3.38. The number of amides is 1. The Kier molecular flexibility index (Phi) is 2.91. The molecule has 2 aliphatic carbocycles. The number of para-hydroxylation sites is 1. The van der Waals surface area contributed by atoms with Crippen molar-refractivity contribution in [2.24, 2.45) is 11.8 Å². The molecule has 2 saturated carbocycles. The third-order valence-electron chi connectivity index (χ3n) is 4.35. The minimum atomic E-state index is -0.479. The number of anilines is 1. The summed E-state index contributed by atoms with van der Waals surface area (Å²) in [7, 11) is 0. The lowest BCUT2D eigenvalue weighted by atomic mass is 10.1. The molecule has 4 rings (SSSR count). The van der Waals surface area contributed by atoms with Gasteiger partial charge in [0.1, 0.15) is 0 Å². The quantitative estimate of drug-likeness (QED) is 0.902. The lowest BCUT2D eigenvalue weighted by molar-refractivity contribution is 0.215. The molecule has 2 unspecified atom stereocenters. The minimum Gasteiger partial charge on any atom is -0.407 e. The first-order valence-electron chi connectivity index (χ1n) is 7.38. The van der Waals surface area contributed by atoms with E-state index in [1.54, 1.807) is 0 Å². The Hall–Kier alpha value is -2.30. The number of hydrogen-bond donors (Lipinski definition) is 2. The van der Waals surface area contributed by atoms with E-state index < -0.39 is 6.09 Å². The van der Waals surface area contributed by atoms with Gasteiger partial charge in [0.05, 0.1) is 12.4 Å². The molecule has 2 fully saturated rings. The zero-order chi connectivity index (χ0) is 14.2. The predicted octanol–water partition coefficient (Wildman–Crippen LogP) is 3.53. The molecule has 1 aromatic carbocycles. The lowest BCUT2D eigenvalue weighted by Gasteiger charge is -2.10. The summed E-state index contributed by atoms with van der Waals surface area (Å²) in [5, 5.41) is 9.20. The molecule has 2 aromatic rings. The van der Waals surface area contributed by atoms with Crippen LogP contribution in [0.5, 0.6) is 5.75 Å². The Bertz CT molecular complexity index is 649. The zero-order valence-electron chi connectivity index (χ0n) is 11.6. The monoisotopic (exact) mass is 283 g/mol. The molecule has 0 bridgehead atoms. The Morgan fingerprint density at radius 3 is 2.95 bits per heavy atom. The van der Waals surface area contributed by atoms with Gasteiger partial charge in [-0.05, 0) is 48.6 Å². The van der Waals surface area contributed by atoms with Gasteiger partial charge in [-0.25, -0.2) is 4.79 Å². The van der Waals surface area contributed by atoms with Gasteiger partial charge in [-0.3, -0.25) is 10.4 Å². The van der Waals surface area contributed by atoms with Crippen LogP contribution in [0.3, 0.4) is 0 Å². The number of ether oxygens (including phenoxy) is 1. The molecule has 21 heavy (non-hydrogen) atoms. The highest BCUT2D eigenvalue weighted by Gasteiger charge is 2.48. The summed E-state index contributed by atoms with van der Waals surface area (Å²) in [6, 6.07) is 8.02. The van der Waals surface area contributed by atoms with Crippen molar-refractivity contribution in [1.29, 1.82) is 0 Å². The molecule has 1 heterocycles. The van der Waals surface area contributed by atoms with Crippen LogP contribution < -0.4 is 10.1 Å². The SMILES string of the molecule is O=C(Nc1ccccc1C1CC1C1CC1)Oc1cn[nH]c1. The second kappa shape index (κ2) is 4.91. The smallest absolute Gasteiger partial charge is 0.407 e. The summed E-state index contributed by atoms with van der Waals surface area (Å²) in [6.45, 7) is 0. The highest BCUT2D eigenvalue weighted by Crippen LogP contribution is 2.60. The van der Waals surface area contributed by atoms with Crippen molar-refractivity contribution in [2.75, 3.05) is 5.32 Å². The molecule has 2 N–H and O–H groups in total. The number of benzene rings is 1. The summed E-state index contributed by atoms with van der Waals surface area (Å²) in [6.07, 6.45) is 6.52. The van der Waals surface area contributed by atoms with Gasteiger partial charge >= 0.3 is 6.09 Å². The first kappa shape index (κ1) is 12.4. The van der Waals surface area contributed by atoms with Gasteiger partial charge in [0.2, 0.25) is 0 Å². The summed E-state index contributed by atoms with van der Waals surface area (Å²) < 4.78 is 5.16. The Morgan fingerprint density at radius 1 is 1.33 bits per heavy atom. The van der Waals surface area contributed by atoms with Gasteiger partial charge in [-0.2, -0.15) is 5.10 Å². The molecule has 1 aromatic heterocycles. The fraction of sp³-hybridized carbons (Fsp3) is 0.375. The molecule has 108 valence electrons. The number of aromatic amines is 1. The summed E-state index contributed by atoms with van der Waals surface area (Å²) in [5.41, 5.74) is 2.10. The number of carbonyl (C=O) groups excluding carboxylic acids is 1. The molecule has 2 atom stereocenters. The van der Waals surface area contributed by atoms with Crippen molar-refractivity contribution in [3.8, 4) is 5.75 Å². The zero-order valence-corrected chi connectivity index (χ0v) is 11.6. The van der Waals surface area contributed by atoms with E-state index in [0.29, 0.717) is 11.7 Å². The van der Waals surface area contributed by atoms with Gasteiger partial charge in [-0.15, -0.1) is 0 Å². The predicted molar refractivity (Wildman–Crippen MR) is 78.2 cm³/mol. The second-order valence-corrected chi connectivity index (χ2v) is 5.88. The normalized spacial score (nSPS) is 23.6. The molecule has 0 spiro atoms. The van der Waals surface area contributed by atoms with E-state index in [2.05, 4.69) is 21.6 Å². The number of rotatable bonds is 4. The van der Waals surface area contributed by atoms with Crippen LogP contribution in [0.25, 0.3) is 0 Å². The highest BCUT2D eigenvalue weighted by atomic mass is 16.6. The standard InChI is InChI=1S/C16H17N3O2/c20-16(21-11-8-17-18-9-11)19-15-4-2-1-3-12(15)14-7-13(14)10-5-6-10/h1-4,8-10,13-14H,5-7H2,(H,17,18)(H,19,20). The van der Waals surface area contributed by atoms with Crippen molar-refractivity contribution in [3.05, 3.63) is 42.2 Å². The summed E-state index contributed by atoms with van der Waals surface area (Å²) in [4.78, 5) is 11.9. The van der Waals surface area contributed by atoms with Crippen LogP contribution in [-0.4, -0.2) is 16.3 Å². The summed E-state index contributed by atoms with van der Waals surface area (Å²) >= 11 is 0. The Labute approximate surface area is 122 Å². The molecular weight excluding hydrogens is 266 g/mol. The third-order valence-corrected chi connectivity index (χ3v) is 4.35. The van der Waals surface area contributed by atoms with Crippen LogP contribution in [0.2, 0.25) is 0 Å². The maximum atomic E-state index is 11.9. The van der Waals surface area contributed by atoms with E-state index in [0.717, 1.165) is 17.5 Å². The Morgan fingerprint density at radius 2 is 2.19 bits per heavy atom. The third kappa shape index (κ3) is 2.63. The van der Waals surface area contributed by atoms with Crippen LogP contribution in [-0.2, 0) is 0 Å². The van der Waals surface area contributed by atoms with E-state index in [-0.39, 0.29) is 0 Å². The minimum absolute atomic E-state index is 0.410. The van der Waals surface area contributed by atoms with Crippen molar-refractivity contribution in [3.63, 3.8) is 0 Å². The molecule has 1 amide bonds. The van der Waals surface area contributed by atoms with Gasteiger partial charge < -0.3 is 4.74 Å². The van der Waals surface area contributed by atoms with Gasteiger partial charge in [0.15, 0.2) is 5.75 Å². The van der Waals surface area contributed by atoms with E-state index in [9.17, 15) is 4.79 Å². The fourth-order valence-corrected chi connectivity index (χ4v) is 3.09. The molecular formula is C16H17N3O2. The molecule has 0 radical (unpaired) electrons. The number of carbonyl (C=O) groups is 1. The number of nitrogens with one attached hydrogen (secondary N) is 2. The molecule has 5 nitrogen and oxygen atoms in total. The number of H-pyrrole nitrogens is 1. The number of nitrogens with zero attached hydrogens (tertiary/aromatic N) is 1. The van der Waals surface area contributed by atoms with Crippen LogP contribution in [0.15, 0.2) is 36.7 Å². The summed E-state index contributed by atoms with van der Waals surface area (Å²) in [5.74, 6) is 2.74. The van der Waals surface area contributed by atoms with Crippen LogP contribution in [0, 0.1) is 11.8 Å². The lowest BCUT2D eigenvalue weighted by Crippen LogP contribution is -2.17. The number of aromatic nitrogens is 2. The van der Waals surface area contributed by atoms with Crippen LogP contribution >= 0.6 is 0 Å². The molecule has 2 aliphatic rings.